The van der Waals surface area contributed by atoms with Gasteiger partial charge in [0.15, 0.2) is 6.39 Å². The summed E-state index contributed by atoms with van der Waals surface area (Å²) in [4.78, 5) is 4.95. The zero-order valence-electron chi connectivity index (χ0n) is 14.4. The second-order valence-electron chi connectivity index (χ2n) is 7.07. The number of nitrogens with zero attached hydrogens (tertiary/aromatic N) is 3. The summed E-state index contributed by atoms with van der Waals surface area (Å²) in [7, 11) is -3.55. The number of nitrogen functional groups attached to an aromatic ring is 1. The molecule has 0 radical (unpaired) electrons. The lowest BCUT2D eigenvalue weighted by Gasteiger charge is -2.26. The number of fused-ring (bicyclic) bond motifs is 1. The molecule has 1 aliphatic rings. The number of anilines is 1. The summed E-state index contributed by atoms with van der Waals surface area (Å²) in [5.74, 6) is 0.387. The van der Waals surface area contributed by atoms with E-state index in [9.17, 15) is 13.7 Å². The van der Waals surface area contributed by atoms with Crippen LogP contribution in [-0.4, -0.2) is 24.3 Å². The highest BCUT2D eigenvalue weighted by Gasteiger charge is 2.33. The predicted octanol–water partition coefficient (Wildman–Crippen LogP) is 2.38. The molecule has 2 aromatic rings. The maximum atomic E-state index is 12.9. The van der Waals surface area contributed by atoms with E-state index in [4.69, 9.17) is 10.2 Å². The predicted molar refractivity (Wildman–Crippen MR) is 95.4 cm³/mol. The standard InChI is InChI=1S/C16H20N4O3S2/c1-16(2,3)14-12(19-9-23-14)8-25(21,22)20-5-4-10-11(6-17)15(18)24-13(10)7-20/h9H,4-5,7-8,18H2,1-3H3. The Labute approximate surface area is 151 Å². The average Bonchev–Trinajstić information content (AvgIpc) is 3.08. The van der Waals surface area contributed by atoms with Gasteiger partial charge in [-0.25, -0.2) is 13.4 Å². The van der Waals surface area contributed by atoms with Crippen LogP contribution in [-0.2, 0) is 34.2 Å². The lowest BCUT2D eigenvalue weighted by Crippen LogP contribution is -2.36. The van der Waals surface area contributed by atoms with E-state index in [1.807, 2.05) is 20.8 Å². The van der Waals surface area contributed by atoms with Crippen molar-refractivity contribution in [3.8, 4) is 6.07 Å². The molecule has 25 heavy (non-hydrogen) atoms. The average molecular weight is 380 g/mol. The third-order valence-electron chi connectivity index (χ3n) is 4.20. The molecular weight excluding hydrogens is 360 g/mol. The Morgan fingerprint density at radius 2 is 2.20 bits per heavy atom. The quantitative estimate of drug-likeness (QED) is 0.874. The number of sulfonamides is 1. The van der Waals surface area contributed by atoms with Crippen LogP contribution in [0.25, 0.3) is 0 Å². The normalized spacial score (nSPS) is 15.8. The molecule has 1 aliphatic heterocycles. The van der Waals surface area contributed by atoms with Gasteiger partial charge in [0, 0.05) is 23.4 Å². The first kappa shape index (κ1) is 17.9. The largest absolute Gasteiger partial charge is 0.448 e. The Morgan fingerprint density at radius 1 is 1.48 bits per heavy atom. The molecule has 0 aliphatic carbocycles. The van der Waals surface area contributed by atoms with Gasteiger partial charge in [0.05, 0.1) is 11.3 Å². The maximum absolute atomic E-state index is 12.9. The molecule has 0 spiro atoms. The summed E-state index contributed by atoms with van der Waals surface area (Å²) in [6.45, 7) is 6.44. The van der Waals surface area contributed by atoms with Gasteiger partial charge < -0.3 is 10.2 Å². The minimum Gasteiger partial charge on any atom is -0.448 e. The first-order chi connectivity index (χ1) is 11.6. The molecule has 0 saturated heterocycles. The molecule has 0 saturated carbocycles. The minimum absolute atomic E-state index is 0.197. The Bertz CT molecular complexity index is 945. The van der Waals surface area contributed by atoms with Gasteiger partial charge in [0.2, 0.25) is 10.0 Å². The van der Waals surface area contributed by atoms with Gasteiger partial charge in [0.1, 0.15) is 22.6 Å². The molecule has 2 N–H and O–H groups in total. The summed E-state index contributed by atoms with van der Waals surface area (Å²) in [5.41, 5.74) is 7.37. The van der Waals surface area contributed by atoms with E-state index in [0.717, 1.165) is 10.4 Å². The SMILES string of the molecule is CC(C)(C)c1ocnc1CS(=O)(=O)N1CCc2c(sc(N)c2C#N)C1. The van der Waals surface area contributed by atoms with Gasteiger partial charge in [0.25, 0.3) is 0 Å². The van der Waals surface area contributed by atoms with Crippen molar-refractivity contribution in [3.63, 3.8) is 0 Å². The molecule has 7 nitrogen and oxygen atoms in total. The zero-order valence-corrected chi connectivity index (χ0v) is 16.0. The fraction of sp³-hybridized carbons (Fsp3) is 0.500. The Balaban J connectivity index is 1.85. The van der Waals surface area contributed by atoms with E-state index in [1.54, 1.807) is 0 Å². The molecule has 3 heterocycles. The van der Waals surface area contributed by atoms with Crippen molar-refractivity contribution in [1.29, 1.82) is 5.26 Å². The number of oxazole rings is 1. The molecule has 9 heteroatoms. The molecule has 0 amide bonds. The summed E-state index contributed by atoms with van der Waals surface area (Å²) in [5, 5.41) is 9.65. The zero-order chi connectivity index (χ0) is 18.4. The van der Waals surface area contributed by atoms with Crippen LogP contribution < -0.4 is 5.73 Å². The lowest BCUT2D eigenvalue weighted by atomic mass is 9.92. The van der Waals surface area contributed by atoms with Crippen molar-refractivity contribution in [2.75, 3.05) is 12.3 Å². The minimum atomic E-state index is -3.55. The summed E-state index contributed by atoms with van der Waals surface area (Å²) in [6, 6.07) is 2.11. The lowest BCUT2D eigenvalue weighted by molar-refractivity contribution is 0.391. The van der Waals surface area contributed by atoms with Gasteiger partial charge in [-0.15, -0.1) is 11.3 Å². The van der Waals surface area contributed by atoms with Crippen molar-refractivity contribution in [3.05, 3.63) is 33.9 Å². The maximum Gasteiger partial charge on any atom is 0.220 e. The number of nitrogens with two attached hydrogens (primary N) is 1. The van der Waals surface area contributed by atoms with Crippen LogP contribution in [0.2, 0.25) is 0 Å². The Hall–Kier alpha value is -1.89. The molecule has 0 bridgehead atoms. The summed E-state index contributed by atoms with van der Waals surface area (Å²) < 4.78 is 32.6. The second-order valence-corrected chi connectivity index (χ2v) is 10.2. The Morgan fingerprint density at radius 3 is 2.84 bits per heavy atom. The van der Waals surface area contributed by atoms with E-state index in [0.29, 0.717) is 35.0 Å². The van der Waals surface area contributed by atoms with Gasteiger partial charge >= 0.3 is 0 Å². The number of hydrogen-bond donors (Lipinski definition) is 1. The van der Waals surface area contributed by atoms with E-state index < -0.39 is 10.0 Å². The topological polar surface area (TPSA) is 113 Å². The number of nitriles is 1. The highest BCUT2D eigenvalue weighted by Crippen LogP contribution is 2.36. The number of hydrogen-bond acceptors (Lipinski definition) is 7. The molecule has 0 unspecified atom stereocenters. The summed E-state index contributed by atoms with van der Waals surface area (Å²) in [6.07, 6.45) is 1.79. The van der Waals surface area contributed by atoms with Crippen molar-refractivity contribution in [1.82, 2.24) is 9.29 Å². The molecule has 0 aromatic carbocycles. The van der Waals surface area contributed by atoms with Crippen LogP contribution in [0, 0.1) is 11.3 Å². The van der Waals surface area contributed by atoms with Crippen LogP contribution in [0.15, 0.2) is 10.8 Å². The van der Waals surface area contributed by atoms with Crippen LogP contribution in [0.3, 0.4) is 0 Å². The fourth-order valence-corrected chi connectivity index (χ4v) is 5.60. The van der Waals surface area contributed by atoms with E-state index in [1.165, 1.54) is 22.0 Å². The summed E-state index contributed by atoms with van der Waals surface area (Å²) >= 11 is 1.29. The van der Waals surface area contributed by atoms with Gasteiger partial charge in [-0.2, -0.15) is 9.57 Å². The highest BCUT2D eigenvalue weighted by atomic mass is 32.2. The molecule has 134 valence electrons. The molecule has 0 atom stereocenters. The number of thiophene rings is 1. The second kappa shape index (κ2) is 6.12. The van der Waals surface area contributed by atoms with E-state index in [2.05, 4.69) is 11.1 Å². The van der Waals surface area contributed by atoms with Crippen molar-refractivity contribution < 1.29 is 12.8 Å². The number of aromatic nitrogens is 1. The first-order valence-corrected chi connectivity index (χ1v) is 10.3. The third-order valence-corrected chi connectivity index (χ3v) is 6.98. The van der Waals surface area contributed by atoms with Crippen molar-refractivity contribution in [2.24, 2.45) is 0 Å². The highest BCUT2D eigenvalue weighted by molar-refractivity contribution is 7.88. The molecule has 0 fully saturated rings. The van der Waals surface area contributed by atoms with Gasteiger partial charge in [-0.1, -0.05) is 20.8 Å². The van der Waals surface area contributed by atoms with Gasteiger partial charge in [-0.05, 0) is 12.0 Å². The fourth-order valence-electron chi connectivity index (χ4n) is 3.01. The van der Waals surface area contributed by atoms with Crippen LogP contribution in [0.5, 0.6) is 0 Å². The third kappa shape index (κ3) is 3.29. The smallest absolute Gasteiger partial charge is 0.220 e. The van der Waals surface area contributed by atoms with Crippen LogP contribution in [0.1, 0.15) is 48.2 Å². The Kier molecular flexibility index (Phi) is 4.39. The van der Waals surface area contributed by atoms with Crippen molar-refractivity contribution in [2.45, 2.75) is 44.9 Å². The van der Waals surface area contributed by atoms with Crippen LogP contribution in [0.4, 0.5) is 5.00 Å². The monoisotopic (exact) mass is 380 g/mol. The molecule has 2 aromatic heterocycles. The molecule has 3 rings (SSSR count). The number of rotatable bonds is 3. The first-order valence-electron chi connectivity index (χ1n) is 7.84. The van der Waals surface area contributed by atoms with E-state index in [-0.39, 0.29) is 17.7 Å². The van der Waals surface area contributed by atoms with Gasteiger partial charge in [-0.3, -0.25) is 0 Å². The van der Waals surface area contributed by atoms with Crippen LogP contribution >= 0.6 is 11.3 Å². The molecular formula is C16H20N4O3S2. The van der Waals surface area contributed by atoms with Crippen molar-refractivity contribution >= 4 is 26.4 Å². The van der Waals surface area contributed by atoms with E-state index >= 15 is 0 Å².